The maximum absolute atomic E-state index is 3.84. The Morgan fingerprint density at radius 1 is 0.444 bits per heavy atom. The molecule has 0 unspecified atom stereocenters. The molecule has 0 saturated heterocycles. The van der Waals surface area contributed by atoms with E-state index < -0.39 is 0 Å². The zero-order valence-electron chi connectivity index (χ0n) is 9.97. The van der Waals surface area contributed by atoms with Crippen LogP contribution in [0.2, 0.25) is 0 Å². The first-order chi connectivity index (χ1) is 8.45. The van der Waals surface area contributed by atoms with Crippen LogP contribution < -0.4 is 0 Å². The summed E-state index contributed by atoms with van der Waals surface area (Å²) in [5.41, 5.74) is 0. The van der Waals surface area contributed by atoms with Crippen LogP contribution in [0.1, 0.15) is 38.5 Å². The molecule has 0 heterocycles. The number of rotatable bonds is 0. The average Bonchev–Trinajstić information content (AvgIpc) is 2.37. The molecule has 0 spiro atoms. The number of hydrogen-bond acceptors (Lipinski definition) is 0. The lowest BCUT2D eigenvalue weighted by Crippen LogP contribution is -2.39. The third-order valence-electron chi connectivity index (χ3n) is 3.31. The van der Waals surface area contributed by atoms with E-state index in [9.17, 15) is 0 Å². The molecule has 0 radical (unpaired) electrons. The molecule has 0 amide bonds. The minimum absolute atomic E-state index is 0.394. The molecule has 0 N–H and O–H groups in total. The summed E-state index contributed by atoms with van der Waals surface area (Å²) in [6.45, 7) is 0. The lowest BCUT2D eigenvalue weighted by atomic mass is 10.0. The van der Waals surface area contributed by atoms with Crippen LogP contribution in [0.4, 0.5) is 0 Å². The van der Waals surface area contributed by atoms with E-state index in [0.29, 0.717) is 29.0 Å². The third-order valence-corrected chi connectivity index (χ3v) is 13.6. The van der Waals surface area contributed by atoms with E-state index in [0.717, 1.165) is 0 Å². The maximum atomic E-state index is 3.84. The first-order valence-electron chi connectivity index (χ1n) is 6.29. The van der Waals surface area contributed by atoms with Crippen molar-refractivity contribution in [2.45, 2.75) is 67.5 Å². The van der Waals surface area contributed by atoms with Gasteiger partial charge in [0.25, 0.3) is 0 Å². The van der Waals surface area contributed by atoms with Crippen molar-refractivity contribution in [1.82, 2.24) is 0 Å². The summed E-state index contributed by atoms with van der Waals surface area (Å²) >= 11 is 23.0. The standard InChI is InChI=1S/C12H18Br6/c13-7-5-3-1-2-4-6-8(14)10(16)12(18)11(17)9(7)15/h7-12H,1-6H2/t7-,8+,9+,10-,11-,12+. The fourth-order valence-corrected chi connectivity index (χ4v) is 7.63. The second-order valence-corrected chi connectivity index (χ2v) is 11.4. The van der Waals surface area contributed by atoms with Gasteiger partial charge in [-0.15, -0.1) is 0 Å². The van der Waals surface area contributed by atoms with Crippen molar-refractivity contribution < 1.29 is 0 Å². The quantitative estimate of drug-likeness (QED) is 0.252. The molecule has 0 aromatic heterocycles. The second kappa shape index (κ2) is 9.81. The first kappa shape index (κ1) is 18.9. The normalized spacial score (nSPS) is 45.0. The van der Waals surface area contributed by atoms with Crippen LogP contribution in [0, 0.1) is 0 Å². The van der Waals surface area contributed by atoms with Crippen molar-refractivity contribution in [2.75, 3.05) is 0 Å². The average molecular weight is 642 g/mol. The van der Waals surface area contributed by atoms with Gasteiger partial charge in [0.2, 0.25) is 0 Å². The van der Waals surface area contributed by atoms with E-state index in [1.807, 2.05) is 0 Å². The monoisotopic (exact) mass is 636 g/mol. The molecule has 1 fully saturated rings. The summed E-state index contributed by atoms with van der Waals surface area (Å²) in [5, 5.41) is 0. The summed E-state index contributed by atoms with van der Waals surface area (Å²) in [5.74, 6) is 0. The van der Waals surface area contributed by atoms with Crippen LogP contribution in [0.3, 0.4) is 0 Å². The summed E-state index contributed by atoms with van der Waals surface area (Å²) in [6, 6.07) is 0. The highest BCUT2D eigenvalue weighted by atomic mass is 79.9. The molecule has 108 valence electrons. The number of alkyl halides is 6. The van der Waals surface area contributed by atoms with Gasteiger partial charge in [-0.2, -0.15) is 0 Å². The van der Waals surface area contributed by atoms with Crippen LogP contribution in [0.5, 0.6) is 0 Å². The highest BCUT2D eigenvalue weighted by Gasteiger charge is 2.35. The van der Waals surface area contributed by atoms with E-state index >= 15 is 0 Å². The minimum atomic E-state index is 0.394. The minimum Gasteiger partial charge on any atom is -0.0878 e. The van der Waals surface area contributed by atoms with Crippen molar-refractivity contribution in [3.8, 4) is 0 Å². The van der Waals surface area contributed by atoms with Crippen molar-refractivity contribution in [2.24, 2.45) is 0 Å². The molecule has 0 aromatic carbocycles. The van der Waals surface area contributed by atoms with Crippen molar-refractivity contribution in [3.63, 3.8) is 0 Å². The topological polar surface area (TPSA) is 0 Å². The van der Waals surface area contributed by atoms with Crippen molar-refractivity contribution in [1.29, 1.82) is 0 Å². The molecule has 18 heavy (non-hydrogen) atoms. The smallest absolute Gasteiger partial charge is 0.0418 e. The lowest BCUT2D eigenvalue weighted by molar-refractivity contribution is 0.549. The van der Waals surface area contributed by atoms with E-state index in [1.165, 1.54) is 38.5 Å². The molecule has 6 atom stereocenters. The van der Waals surface area contributed by atoms with Crippen LogP contribution in [0.15, 0.2) is 0 Å². The first-order valence-corrected chi connectivity index (χ1v) is 11.8. The van der Waals surface area contributed by atoms with E-state index in [4.69, 9.17) is 0 Å². The Kier molecular flexibility index (Phi) is 10.3. The van der Waals surface area contributed by atoms with Gasteiger partial charge in [0, 0.05) is 29.0 Å². The van der Waals surface area contributed by atoms with E-state index in [1.54, 1.807) is 0 Å². The van der Waals surface area contributed by atoms with Crippen molar-refractivity contribution >= 4 is 95.6 Å². The van der Waals surface area contributed by atoms with Crippen LogP contribution in [-0.2, 0) is 0 Å². The van der Waals surface area contributed by atoms with Gasteiger partial charge in [0.05, 0.1) is 0 Å². The van der Waals surface area contributed by atoms with Crippen molar-refractivity contribution in [3.05, 3.63) is 0 Å². The highest BCUT2D eigenvalue weighted by molar-refractivity contribution is 9.15. The number of hydrogen-bond donors (Lipinski definition) is 0. The molecular weight excluding hydrogens is 624 g/mol. The summed E-state index contributed by atoms with van der Waals surface area (Å²) in [6.07, 6.45) is 7.80. The zero-order chi connectivity index (χ0) is 13.7. The van der Waals surface area contributed by atoms with Gasteiger partial charge >= 0.3 is 0 Å². The van der Waals surface area contributed by atoms with Gasteiger partial charge in [-0.05, 0) is 12.8 Å². The molecule has 0 aromatic rings. The molecule has 0 nitrogen and oxygen atoms in total. The van der Waals surface area contributed by atoms with E-state index in [-0.39, 0.29) is 0 Å². The SMILES string of the molecule is Br[C@@H]1[C@H](Br)[C@@H](Br)[C@H](Br)CCCCCC[C@H](Br)[C@H]1Br. The molecule has 0 aliphatic heterocycles. The fraction of sp³-hybridized carbons (Fsp3) is 1.00. The zero-order valence-corrected chi connectivity index (χ0v) is 19.5. The lowest BCUT2D eigenvalue weighted by Gasteiger charge is -2.31. The van der Waals surface area contributed by atoms with Gasteiger partial charge in [-0.25, -0.2) is 0 Å². The molecule has 1 rings (SSSR count). The van der Waals surface area contributed by atoms with Gasteiger partial charge < -0.3 is 0 Å². The summed E-state index contributed by atoms with van der Waals surface area (Å²) < 4.78 is 0. The van der Waals surface area contributed by atoms with Gasteiger partial charge in [0.1, 0.15) is 0 Å². The fourth-order valence-electron chi connectivity index (χ4n) is 2.10. The molecule has 1 aliphatic carbocycles. The predicted molar refractivity (Wildman–Crippen MR) is 104 cm³/mol. The van der Waals surface area contributed by atoms with Gasteiger partial charge in [-0.3, -0.25) is 0 Å². The molecule has 1 saturated carbocycles. The third kappa shape index (κ3) is 5.94. The Balaban J connectivity index is 2.71. The predicted octanol–water partition coefficient (Wildman–Crippen LogP) is 6.92. The van der Waals surface area contributed by atoms with E-state index in [2.05, 4.69) is 95.6 Å². The molecule has 1 aliphatic rings. The number of halogens is 6. The van der Waals surface area contributed by atoms with Crippen LogP contribution >= 0.6 is 95.6 Å². The summed E-state index contributed by atoms with van der Waals surface area (Å²) in [4.78, 5) is 2.70. The molecule has 6 heteroatoms. The second-order valence-electron chi connectivity index (χ2n) is 4.80. The summed E-state index contributed by atoms with van der Waals surface area (Å²) in [7, 11) is 0. The Labute approximate surface area is 161 Å². The highest BCUT2D eigenvalue weighted by Crippen LogP contribution is 2.37. The Morgan fingerprint density at radius 2 is 0.778 bits per heavy atom. The van der Waals surface area contributed by atoms with Gasteiger partial charge in [-0.1, -0.05) is 121 Å². The van der Waals surface area contributed by atoms with Gasteiger partial charge in [0.15, 0.2) is 0 Å². The Bertz CT molecular complexity index is 213. The Morgan fingerprint density at radius 3 is 1.11 bits per heavy atom. The largest absolute Gasteiger partial charge is 0.0878 e. The molecule has 0 bridgehead atoms. The van der Waals surface area contributed by atoms with Crippen LogP contribution in [0.25, 0.3) is 0 Å². The van der Waals surface area contributed by atoms with Crippen LogP contribution in [-0.4, -0.2) is 29.0 Å². The Hall–Kier alpha value is 2.88. The molecular formula is C12H18Br6. The maximum Gasteiger partial charge on any atom is 0.0418 e.